The predicted octanol–water partition coefficient (Wildman–Crippen LogP) is 0.328. The van der Waals surface area contributed by atoms with Gasteiger partial charge in [0, 0.05) is 25.6 Å². The number of nitrogens with zero attached hydrogens (tertiary/aromatic N) is 1. The zero-order valence-electron chi connectivity index (χ0n) is 9.84. The summed E-state index contributed by atoms with van der Waals surface area (Å²) in [6.07, 6.45) is 3.15. The molecule has 0 spiro atoms. The van der Waals surface area contributed by atoms with E-state index in [1.54, 1.807) is 4.90 Å². The van der Waals surface area contributed by atoms with Gasteiger partial charge in [-0.25, -0.2) is 0 Å². The lowest BCUT2D eigenvalue weighted by molar-refractivity contribution is -0.155. The lowest BCUT2D eigenvalue weighted by atomic mass is 9.77. The molecule has 1 heterocycles. The van der Waals surface area contributed by atoms with E-state index in [4.69, 9.17) is 10.2 Å². The predicted molar refractivity (Wildman–Crippen MR) is 60.2 cm³/mol. The molecule has 1 saturated heterocycles. The molecule has 96 valence electrons. The topological polar surface area (TPSA) is 77.8 Å². The lowest BCUT2D eigenvalue weighted by Crippen LogP contribution is -2.54. The van der Waals surface area contributed by atoms with Gasteiger partial charge in [-0.05, 0) is 12.8 Å². The Morgan fingerprint density at radius 3 is 2.24 bits per heavy atom. The van der Waals surface area contributed by atoms with Crippen LogP contribution in [0.3, 0.4) is 0 Å². The summed E-state index contributed by atoms with van der Waals surface area (Å²) in [6.45, 7) is 1.27. The number of likely N-dealkylation sites (tertiary alicyclic amines) is 1. The first kappa shape index (κ1) is 12.4. The largest absolute Gasteiger partial charge is 0.481 e. The third kappa shape index (κ3) is 2.44. The van der Waals surface area contributed by atoms with Crippen molar-refractivity contribution >= 4 is 11.9 Å². The number of aliphatic hydroxyl groups is 1. The number of hydrogen-bond donors (Lipinski definition) is 2. The summed E-state index contributed by atoms with van der Waals surface area (Å²) in [5.41, 5.74) is 0. The molecule has 0 aromatic heterocycles. The highest BCUT2D eigenvalue weighted by Gasteiger charge is 2.41. The number of carbonyl (C=O) groups excluding carboxylic acids is 1. The molecule has 1 amide bonds. The number of carboxylic acids is 1. The van der Waals surface area contributed by atoms with Gasteiger partial charge in [-0.1, -0.05) is 12.8 Å². The summed E-state index contributed by atoms with van der Waals surface area (Å²) in [7, 11) is 0. The first-order valence-electron chi connectivity index (χ1n) is 6.26. The number of aliphatic hydroxyl groups excluding tert-OH is 1. The van der Waals surface area contributed by atoms with Crippen molar-refractivity contribution in [2.45, 2.75) is 25.7 Å². The van der Waals surface area contributed by atoms with Crippen LogP contribution >= 0.6 is 0 Å². The highest BCUT2D eigenvalue weighted by molar-refractivity contribution is 5.85. The standard InChI is InChI=1S/C12H19NO4/c14-7-8-5-13(6-8)11(15)9-3-1-2-4-10(9)12(16)17/h8-10,14H,1-7H2,(H,16,17)/t9-,10+/m1/s1. The molecule has 2 N–H and O–H groups in total. The third-order valence-corrected chi connectivity index (χ3v) is 3.93. The molecule has 17 heavy (non-hydrogen) atoms. The maximum atomic E-state index is 12.1. The maximum absolute atomic E-state index is 12.1. The van der Waals surface area contributed by atoms with Crippen LogP contribution in [-0.2, 0) is 9.59 Å². The second-order valence-corrected chi connectivity index (χ2v) is 5.13. The monoisotopic (exact) mass is 241 g/mol. The average Bonchev–Trinajstić information content (AvgIpc) is 2.27. The molecule has 0 bridgehead atoms. The van der Waals surface area contributed by atoms with E-state index in [1.807, 2.05) is 0 Å². The molecule has 0 radical (unpaired) electrons. The van der Waals surface area contributed by atoms with Crippen LogP contribution in [0.5, 0.6) is 0 Å². The molecule has 5 heteroatoms. The first-order valence-corrected chi connectivity index (χ1v) is 6.26. The molecule has 2 aliphatic rings. The Labute approximate surface area is 100 Å². The van der Waals surface area contributed by atoms with Crippen molar-refractivity contribution in [1.82, 2.24) is 4.90 Å². The first-order chi connectivity index (χ1) is 8.13. The van der Waals surface area contributed by atoms with E-state index in [9.17, 15) is 9.59 Å². The van der Waals surface area contributed by atoms with Crippen LogP contribution in [0.15, 0.2) is 0 Å². The van der Waals surface area contributed by atoms with Gasteiger partial charge in [0.1, 0.15) is 0 Å². The Kier molecular flexibility index (Phi) is 3.66. The van der Waals surface area contributed by atoms with E-state index in [0.29, 0.717) is 25.9 Å². The van der Waals surface area contributed by atoms with Gasteiger partial charge in [-0.2, -0.15) is 0 Å². The van der Waals surface area contributed by atoms with Crippen molar-refractivity contribution in [3.8, 4) is 0 Å². The number of hydrogen-bond acceptors (Lipinski definition) is 3. The van der Waals surface area contributed by atoms with Crippen molar-refractivity contribution in [2.24, 2.45) is 17.8 Å². The summed E-state index contributed by atoms with van der Waals surface area (Å²) in [5, 5.41) is 18.0. The van der Waals surface area contributed by atoms with Gasteiger partial charge < -0.3 is 15.1 Å². The van der Waals surface area contributed by atoms with Crippen molar-refractivity contribution in [3.05, 3.63) is 0 Å². The molecule has 2 rings (SSSR count). The molecular formula is C12H19NO4. The van der Waals surface area contributed by atoms with E-state index in [2.05, 4.69) is 0 Å². The number of aliphatic carboxylic acids is 1. The number of carbonyl (C=O) groups is 2. The van der Waals surface area contributed by atoms with Crippen LogP contribution in [0.25, 0.3) is 0 Å². The highest BCUT2D eigenvalue weighted by atomic mass is 16.4. The fourth-order valence-corrected chi connectivity index (χ4v) is 2.82. The summed E-state index contributed by atoms with van der Waals surface area (Å²) >= 11 is 0. The molecule has 0 aromatic carbocycles. The lowest BCUT2D eigenvalue weighted by Gasteiger charge is -2.42. The van der Waals surface area contributed by atoms with E-state index < -0.39 is 11.9 Å². The van der Waals surface area contributed by atoms with Crippen LogP contribution < -0.4 is 0 Å². The second kappa shape index (κ2) is 5.04. The Morgan fingerprint density at radius 1 is 1.12 bits per heavy atom. The van der Waals surface area contributed by atoms with E-state index in [-0.39, 0.29) is 24.3 Å². The molecule has 1 aliphatic carbocycles. The van der Waals surface area contributed by atoms with Crippen molar-refractivity contribution in [2.75, 3.05) is 19.7 Å². The molecule has 5 nitrogen and oxygen atoms in total. The minimum Gasteiger partial charge on any atom is -0.481 e. The Hall–Kier alpha value is -1.10. The van der Waals surface area contributed by atoms with Crippen molar-refractivity contribution in [3.63, 3.8) is 0 Å². The number of amides is 1. The summed E-state index contributed by atoms with van der Waals surface area (Å²) in [6, 6.07) is 0. The maximum Gasteiger partial charge on any atom is 0.307 e. The van der Waals surface area contributed by atoms with Gasteiger partial charge in [-0.3, -0.25) is 9.59 Å². The fourth-order valence-electron chi connectivity index (χ4n) is 2.82. The third-order valence-electron chi connectivity index (χ3n) is 3.93. The zero-order chi connectivity index (χ0) is 12.4. The van der Waals surface area contributed by atoms with Crippen LogP contribution in [-0.4, -0.2) is 46.7 Å². The molecule has 2 fully saturated rings. The van der Waals surface area contributed by atoms with Crippen LogP contribution in [0.1, 0.15) is 25.7 Å². The van der Waals surface area contributed by atoms with Gasteiger partial charge in [0.05, 0.1) is 11.8 Å². The normalized spacial score (nSPS) is 29.8. The Bertz CT molecular complexity index is 312. The zero-order valence-corrected chi connectivity index (χ0v) is 9.84. The molecule has 2 atom stereocenters. The van der Waals surface area contributed by atoms with Gasteiger partial charge in [-0.15, -0.1) is 0 Å². The van der Waals surface area contributed by atoms with Crippen molar-refractivity contribution < 1.29 is 19.8 Å². The molecule has 1 saturated carbocycles. The molecule has 1 aliphatic heterocycles. The van der Waals surface area contributed by atoms with E-state index >= 15 is 0 Å². The minimum atomic E-state index is -0.845. The van der Waals surface area contributed by atoms with Gasteiger partial charge in [0.2, 0.25) is 5.91 Å². The molecular weight excluding hydrogens is 222 g/mol. The second-order valence-electron chi connectivity index (χ2n) is 5.13. The van der Waals surface area contributed by atoms with E-state index in [1.165, 1.54) is 0 Å². The average molecular weight is 241 g/mol. The quantitative estimate of drug-likeness (QED) is 0.746. The van der Waals surface area contributed by atoms with Gasteiger partial charge in [0.15, 0.2) is 0 Å². The Balaban J connectivity index is 1.95. The molecule has 0 aromatic rings. The smallest absolute Gasteiger partial charge is 0.307 e. The Morgan fingerprint density at radius 2 is 1.71 bits per heavy atom. The van der Waals surface area contributed by atoms with E-state index in [0.717, 1.165) is 12.8 Å². The van der Waals surface area contributed by atoms with Gasteiger partial charge in [0.25, 0.3) is 0 Å². The summed E-state index contributed by atoms with van der Waals surface area (Å²) in [4.78, 5) is 24.9. The number of carboxylic acid groups (broad SMARTS) is 1. The highest BCUT2D eigenvalue weighted by Crippen LogP contribution is 2.33. The SMILES string of the molecule is O=C(O)[C@H]1CCCC[C@H]1C(=O)N1CC(CO)C1. The number of rotatable bonds is 3. The van der Waals surface area contributed by atoms with Crippen LogP contribution in [0.4, 0.5) is 0 Å². The van der Waals surface area contributed by atoms with Crippen LogP contribution in [0.2, 0.25) is 0 Å². The summed E-state index contributed by atoms with van der Waals surface area (Å²) < 4.78 is 0. The fraction of sp³-hybridized carbons (Fsp3) is 0.833. The van der Waals surface area contributed by atoms with Crippen molar-refractivity contribution in [1.29, 1.82) is 0 Å². The molecule has 0 unspecified atom stereocenters. The summed E-state index contributed by atoms with van der Waals surface area (Å²) in [5.74, 6) is -1.54. The van der Waals surface area contributed by atoms with Crippen LogP contribution in [0, 0.1) is 17.8 Å². The minimum absolute atomic E-state index is 0.0261. The van der Waals surface area contributed by atoms with Gasteiger partial charge >= 0.3 is 5.97 Å².